The van der Waals surface area contributed by atoms with Crippen LogP contribution in [0.4, 0.5) is 5.69 Å². The lowest BCUT2D eigenvalue weighted by molar-refractivity contribution is 0.0762. The molecule has 0 unspecified atom stereocenters. The van der Waals surface area contributed by atoms with Gasteiger partial charge in [0.25, 0.3) is 0 Å². The monoisotopic (exact) mass is 286 g/mol. The third-order valence-electron chi connectivity index (χ3n) is 5.29. The zero-order chi connectivity index (χ0) is 14.3. The van der Waals surface area contributed by atoms with E-state index in [2.05, 4.69) is 28.4 Å². The zero-order valence-electron chi connectivity index (χ0n) is 12.4. The molecule has 0 amide bonds. The minimum Gasteiger partial charge on any atom is -0.378 e. The molecule has 1 N–H and O–H groups in total. The number of nitrogens with zero attached hydrogens (tertiary/aromatic N) is 1. The minimum absolute atomic E-state index is 0.114. The predicted molar refractivity (Wildman–Crippen MR) is 82.0 cm³/mol. The summed E-state index contributed by atoms with van der Waals surface area (Å²) in [5.41, 5.74) is 3.29. The quantitative estimate of drug-likeness (QED) is 0.852. The number of rotatable bonds is 1. The molecule has 2 heterocycles. The molecule has 4 nitrogen and oxygen atoms in total. The number of piperidine rings is 1. The van der Waals surface area contributed by atoms with Crippen LogP contribution in [0.5, 0.6) is 0 Å². The van der Waals surface area contributed by atoms with Crippen LogP contribution in [0.2, 0.25) is 0 Å². The van der Waals surface area contributed by atoms with Crippen LogP contribution in [0.15, 0.2) is 18.2 Å². The second kappa shape index (κ2) is 5.11. The van der Waals surface area contributed by atoms with Crippen LogP contribution in [0.25, 0.3) is 0 Å². The molecule has 0 radical (unpaired) electrons. The molecule has 3 aliphatic rings. The second-order valence-electron chi connectivity index (χ2n) is 6.48. The van der Waals surface area contributed by atoms with Crippen molar-refractivity contribution in [3.8, 4) is 0 Å². The Morgan fingerprint density at radius 3 is 2.67 bits per heavy atom. The molecule has 21 heavy (non-hydrogen) atoms. The van der Waals surface area contributed by atoms with E-state index in [1.54, 1.807) is 0 Å². The molecule has 4 heteroatoms. The Labute approximate surface area is 125 Å². The van der Waals surface area contributed by atoms with Crippen molar-refractivity contribution in [3.05, 3.63) is 29.3 Å². The van der Waals surface area contributed by atoms with Crippen molar-refractivity contribution in [1.82, 2.24) is 5.32 Å². The van der Waals surface area contributed by atoms with Crippen LogP contribution >= 0.6 is 0 Å². The molecule has 0 saturated carbocycles. The van der Waals surface area contributed by atoms with Crippen molar-refractivity contribution in [2.24, 2.45) is 5.41 Å². The van der Waals surface area contributed by atoms with Gasteiger partial charge in [-0.3, -0.25) is 4.79 Å². The second-order valence-corrected chi connectivity index (χ2v) is 6.48. The van der Waals surface area contributed by atoms with Crippen LogP contribution in [0.1, 0.15) is 28.8 Å². The van der Waals surface area contributed by atoms with E-state index in [1.807, 2.05) is 0 Å². The number of nitrogens with one attached hydrogen (secondary N) is 1. The molecule has 0 bridgehead atoms. The number of anilines is 1. The lowest BCUT2D eigenvalue weighted by Gasteiger charge is -2.32. The summed E-state index contributed by atoms with van der Waals surface area (Å²) in [5.74, 6) is 0.383. The van der Waals surface area contributed by atoms with E-state index in [0.29, 0.717) is 5.78 Å². The third kappa shape index (κ3) is 2.17. The maximum Gasteiger partial charge on any atom is 0.169 e. The summed E-state index contributed by atoms with van der Waals surface area (Å²) >= 11 is 0. The molecular weight excluding hydrogens is 264 g/mol. The topological polar surface area (TPSA) is 41.6 Å². The number of hydrogen-bond acceptors (Lipinski definition) is 4. The Morgan fingerprint density at radius 2 is 1.90 bits per heavy atom. The molecule has 1 aromatic carbocycles. The van der Waals surface area contributed by atoms with Gasteiger partial charge in [-0.05, 0) is 50.0 Å². The van der Waals surface area contributed by atoms with Gasteiger partial charge in [-0.15, -0.1) is 0 Å². The zero-order valence-corrected chi connectivity index (χ0v) is 12.4. The molecule has 1 aromatic rings. The van der Waals surface area contributed by atoms with E-state index in [1.165, 1.54) is 11.3 Å². The molecular formula is C17H22N2O2. The number of hydrogen-bond donors (Lipinski definition) is 1. The fourth-order valence-corrected chi connectivity index (χ4v) is 3.99. The first-order valence-electron chi connectivity index (χ1n) is 8.00. The number of morpholine rings is 1. The molecule has 0 atom stereocenters. The van der Waals surface area contributed by atoms with Gasteiger partial charge in [-0.25, -0.2) is 0 Å². The molecule has 2 fully saturated rings. The van der Waals surface area contributed by atoms with E-state index in [0.717, 1.165) is 64.2 Å². The van der Waals surface area contributed by atoms with Gasteiger partial charge in [0.05, 0.1) is 13.2 Å². The van der Waals surface area contributed by atoms with Gasteiger partial charge >= 0.3 is 0 Å². The van der Waals surface area contributed by atoms with Gasteiger partial charge < -0.3 is 15.0 Å². The molecule has 0 aromatic heterocycles. The number of carbonyl (C=O) groups excluding carboxylic acids is 1. The highest BCUT2D eigenvalue weighted by atomic mass is 16.5. The van der Waals surface area contributed by atoms with Crippen LogP contribution in [0.3, 0.4) is 0 Å². The fraction of sp³-hybridized carbons (Fsp3) is 0.588. The predicted octanol–water partition coefficient (Wildman–Crippen LogP) is 1.63. The van der Waals surface area contributed by atoms with Crippen LogP contribution in [0, 0.1) is 5.41 Å². The first-order valence-corrected chi connectivity index (χ1v) is 8.00. The number of Topliss-reactive ketones (excluding diaryl/α,β-unsaturated/α-hetero) is 1. The molecule has 1 aliphatic carbocycles. The Hall–Kier alpha value is -1.39. The summed E-state index contributed by atoms with van der Waals surface area (Å²) in [5, 5.41) is 3.37. The maximum atomic E-state index is 12.9. The van der Waals surface area contributed by atoms with Crippen LogP contribution in [-0.2, 0) is 11.2 Å². The number of ketones is 1. The largest absolute Gasteiger partial charge is 0.378 e. The van der Waals surface area contributed by atoms with Gasteiger partial charge in [-0.1, -0.05) is 6.07 Å². The SMILES string of the molecule is O=C1c2cc(N3CCOCC3)ccc2CC12CCNCC2. The smallest absolute Gasteiger partial charge is 0.169 e. The summed E-state index contributed by atoms with van der Waals surface area (Å²) in [6, 6.07) is 6.48. The fourth-order valence-electron chi connectivity index (χ4n) is 3.99. The van der Waals surface area contributed by atoms with Crippen LogP contribution < -0.4 is 10.2 Å². The van der Waals surface area contributed by atoms with Crippen molar-refractivity contribution >= 4 is 11.5 Å². The van der Waals surface area contributed by atoms with E-state index in [-0.39, 0.29) is 5.41 Å². The summed E-state index contributed by atoms with van der Waals surface area (Å²) < 4.78 is 5.41. The Kier molecular flexibility index (Phi) is 3.23. The van der Waals surface area contributed by atoms with E-state index < -0.39 is 0 Å². The number of fused-ring (bicyclic) bond motifs is 1. The number of carbonyl (C=O) groups is 1. The van der Waals surface area contributed by atoms with Gasteiger partial charge in [-0.2, -0.15) is 0 Å². The van der Waals surface area contributed by atoms with Crippen molar-refractivity contribution in [2.45, 2.75) is 19.3 Å². The highest BCUT2D eigenvalue weighted by Gasteiger charge is 2.45. The Bertz CT molecular complexity index is 558. The molecule has 4 rings (SSSR count). The van der Waals surface area contributed by atoms with Gasteiger partial charge in [0.2, 0.25) is 0 Å². The highest BCUT2D eigenvalue weighted by molar-refractivity contribution is 6.05. The summed E-state index contributed by atoms with van der Waals surface area (Å²) in [6.45, 7) is 5.33. The normalized spacial score (nSPS) is 24.4. The third-order valence-corrected chi connectivity index (χ3v) is 5.29. The van der Waals surface area contributed by atoms with Crippen molar-refractivity contribution < 1.29 is 9.53 Å². The van der Waals surface area contributed by atoms with E-state index in [4.69, 9.17) is 4.74 Å². The lowest BCUT2D eigenvalue weighted by Crippen LogP contribution is -2.40. The van der Waals surface area contributed by atoms with Gasteiger partial charge in [0.1, 0.15) is 0 Å². The van der Waals surface area contributed by atoms with Crippen molar-refractivity contribution in [2.75, 3.05) is 44.3 Å². The van der Waals surface area contributed by atoms with Crippen LogP contribution in [-0.4, -0.2) is 45.2 Å². The molecule has 112 valence electrons. The maximum absolute atomic E-state index is 12.9. The lowest BCUT2D eigenvalue weighted by atomic mass is 9.75. The summed E-state index contributed by atoms with van der Waals surface area (Å²) in [4.78, 5) is 15.3. The standard InChI is InChI=1S/C17H22N2O2/c20-16-15-11-14(19-7-9-21-10-8-19)2-1-13(15)12-17(16)3-5-18-6-4-17/h1-2,11,18H,3-10,12H2. The molecule has 2 aliphatic heterocycles. The molecule has 2 saturated heterocycles. The average Bonchev–Trinajstić information content (AvgIpc) is 2.81. The highest BCUT2D eigenvalue weighted by Crippen LogP contribution is 2.44. The first-order chi connectivity index (χ1) is 10.3. The van der Waals surface area contributed by atoms with Crippen molar-refractivity contribution in [1.29, 1.82) is 0 Å². The summed E-state index contributed by atoms with van der Waals surface area (Å²) in [7, 11) is 0. The minimum atomic E-state index is -0.114. The van der Waals surface area contributed by atoms with E-state index >= 15 is 0 Å². The Balaban J connectivity index is 1.64. The van der Waals surface area contributed by atoms with E-state index in [9.17, 15) is 4.79 Å². The summed E-state index contributed by atoms with van der Waals surface area (Å²) in [6.07, 6.45) is 2.90. The Morgan fingerprint density at radius 1 is 1.14 bits per heavy atom. The van der Waals surface area contributed by atoms with Gasteiger partial charge in [0.15, 0.2) is 5.78 Å². The molecule has 1 spiro atoms. The number of benzene rings is 1. The first kappa shape index (κ1) is 13.3. The average molecular weight is 286 g/mol. The van der Waals surface area contributed by atoms with Gasteiger partial charge in [0, 0.05) is 29.8 Å². The number of ether oxygens (including phenoxy) is 1. The van der Waals surface area contributed by atoms with Crippen molar-refractivity contribution in [3.63, 3.8) is 0 Å².